The zero-order valence-corrected chi connectivity index (χ0v) is 24.7. The van der Waals surface area contributed by atoms with Crippen LogP contribution in [0, 0.1) is 0 Å². The van der Waals surface area contributed by atoms with Crippen LogP contribution in [0.2, 0.25) is 0 Å². The van der Waals surface area contributed by atoms with Gasteiger partial charge in [-0.15, -0.1) is 0 Å². The van der Waals surface area contributed by atoms with Crippen LogP contribution in [-0.4, -0.2) is 18.6 Å². The number of hydrogen-bond donors (Lipinski definition) is 1. The maximum atomic E-state index is 9.73. The highest BCUT2D eigenvalue weighted by atomic mass is 16.5. The molecule has 2 aliphatic heterocycles. The minimum absolute atomic E-state index is 0.197. The SMILES string of the molecule is CC(C)(c1ccc(O)cc1)c1ccc2c(c1)CN(c1ccc(Cc3ccc(N4COc5ccccc5C4)cc3)cc1)CO2. The third-order valence-corrected chi connectivity index (χ3v) is 8.83. The number of aromatic hydroxyl groups is 1. The van der Waals surface area contributed by atoms with Crippen molar-refractivity contribution in [1.29, 1.82) is 0 Å². The second-order valence-corrected chi connectivity index (χ2v) is 12.1. The first kappa shape index (κ1) is 27.0. The molecular formula is C38H36N2O3. The molecule has 216 valence electrons. The monoisotopic (exact) mass is 568 g/mol. The van der Waals surface area contributed by atoms with Crippen LogP contribution < -0.4 is 19.3 Å². The zero-order chi connectivity index (χ0) is 29.4. The maximum absolute atomic E-state index is 9.73. The summed E-state index contributed by atoms with van der Waals surface area (Å²) in [5.74, 6) is 2.22. The van der Waals surface area contributed by atoms with Gasteiger partial charge in [0.2, 0.25) is 0 Å². The number of phenolic OH excluding ortho intramolecular Hbond substituents is 1. The molecule has 0 aromatic heterocycles. The van der Waals surface area contributed by atoms with Crippen molar-refractivity contribution in [3.63, 3.8) is 0 Å². The summed E-state index contributed by atoms with van der Waals surface area (Å²) in [7, 11) is 0. The average molecular weight is 569 g/mol. The van der Waals surface area contributed by atoms with Crippen LogP contribution in [0.1, 0.15) is 47.2 Å². The van der Waals surface area contributed by atoms with Gasteiger partial charge < -0.3 is 24.4 Å². The molecule has 0 radical (unpaired) electrons. The van der Waals surface area contributed by atoms with Crippen molar-refractivity contribution in [3.05, 3.63) is 149 Å². The largest absolute Gasteiger partial charge is 0.508 e. The van der Waals surface area contributed by atoms with Gasteiger partial charge in [0.05, 0.1) is 0 Å². The number of nitrogens with zero attached hydrogens (tertiary/aromatic N) is 2. The first-order valence-corrected chi connectivity index (χ1v) is 14.9. The van der Waals surface area contributed by atoms with Crippen LogP contribution in [0.25, 0.3) is 0 Å². The topological polar surface area (TPSA) is 45.2 Å². The highest BCUT2D eigenvalue weighted by Crippen LogP contribution is 2.37. The van der Waals surface area contributed by atoms with E-state index >= 15 is 0 Å². The maximum Gasteiger partial charge on any atom is 0.161 e. The van der Waals surface area contributed by atoms with Gasteiger partial charge in [-0.25, -0.2) is 0 Å². The van der Waals surface area contributed by atoms with Crippen molar-refractivity contribution in [2.24, 2.45) is 0 Å². The van der Waals surface area contributed by atoms with E-state index < -0.39 is 0 Å². The molecule has 0 fully saturated rings. The van der Waals surface area contributed by atoms with Crippen LogP contribution in [-0.2, 0) is 24.9 Å². The molecule has 2 heterocycles. The summed E-state index contributed by atoms with van der Waals surface area (Å²) < 4.78 is 12.1. The predicted octanol–water partition coefficient (Wildman–Crippen LogP) is 8.02. The van der Waals surface area contributed by atoms with E-state index in [9.17, 15) is 5.11 Å². The number of phenols is 1. The van der Waals surface area contributed by atoms with Gasteiger partial charge in [-0.3, -0.25) is 0 Å². The molecular weight excluding hydrogens is 532 g/mol. The van der Waals surface area contributed by atoms with Crippen LogP contribution >= 0.6 is 0 Å². The lowest BCUT2D eigenvalue weighted by Crippen LogP contribution is -2.32. The molecule has 0 saturated carbocycles. The molecule has 5 aromatic rings. The molecule has 0 bridgehead atoms. The average Bonchev–Trinajstić information content (AvgIpc) is 3.05. The number of para-hydroxylation sites is 1. The molecule has 0 saturated heterocycles. The van der Waals surface area contributed by atoms with Crippen molar-refractivity contribution >= 4 is 11.4 Å². The molecule has 43 heavy (non-hydrogen) atoms. The van der Waals surface area contributed by atoms with Crippen molar-refractivity contribution in [2.75, 3.05) is 23.3 Å². The molecule has 0 aliphatic carbocycles. The lowest BCUT2D eigenvalue weighted by atomic mass is 9.77. The normalized spacial score (nSPS) is 14.4. The molecule has 2 aliphatic rings. The number of rotatable bonds is 6. The van der Waals surface area contributed by atoms with Gasteiger partial charge in [0, 0.05) is 41.0 Å². The Hall–Kier alpha value is -4.90. The smallest absolute Gasteiger partial charge is 0.161 e. The lowest BCUT2D eigenvalue weighted by molar-refractivity contribution is 0.289. The number of ether oxygens (including phenoxy) is 2. The van der Waals surface area contributed by atoms with Crippen molar-refractivity contribution in [3.8, 4) is 17.2 Å². The second kappa shape index (κ2) is 11.1. The Kier molecular flexibility index (Phi) is 6.94. The van der Waals surface area contributed by atoms with E-state index in [1.54, 1.807) is 12.1 Å². The number of benzene rings is 5. The second-order valence-electron chi connectivity index (χ2n) is 12.1. The van der Waals surface area contributed by atoms with E-state index in [2.05, 4.69) is 103 Å². The van der Waals surface area contributed by atoms with Crippen LogP contribution in [0.5, 0.6) is 17.2 Å². The van der Waals surface area contributed by atoms with Gasteiger partial charge >= 0.3 is 0 Å². The first-order chi connectivity index (χ1) is 20.9. The van der Waals surface area contributed by atoms with Crippen molar-refractivity contribution in [2.45, 2.75) is 38.8 Å². The minimum atomic E-state index is -0.197. The van der Waals surface area contributed by atoms with Crippen molar-refractivity contribution < 1.29 is 14.6 Å². The van der Waals surface area contributed by atoms with E-state index in [4.69, 9.17) is 9.47 Å². The van der Waals surface area contributed by atoms with E-state index in [1.807, 2.05) is 24.3 Å². The van der Waals surface area contributed by atoms with Crippen molar-refractivity contribution in [1.82, 2.24) is 0 Å². The van der Waals surface area contributed by atoms with Gasteiger partial charge in [-0.1, -0.05) is 74.5 Å². The van der Waals surface area contributed by atoms with E-state index in [0.717, 1.165) is 42.3 Å². The predicted molar refractivity (Wildman–Crippen MR) is 172 cm³/mol. The Bertz CT molecular complexity index is 1730. The molecule has 1 N–H and O–H groups in total. The third kappa shape index (κ3) is 5.51. The fourth-order valence-corrected chi connectivity index (χ4v) is 6.07. The van der Waals surface area contributed by atoms with Gasteiger partial charge in [0.1, 0.15) is 17.2 Å². The number of fused-ring (bicyclic) bond motifs is 2. The Balaban J connectivity index is 1.01. The Labute approximate surface area is 253 Å². The molecule has 0 amide bonds. The summed E-state index contributed by atoms with van der Waals surface area (Å²) in [4.78, 5) is 4.54. The van der Waals surface area contributed by atoms with Crippen LogP contribution in [0.15, 0.2) is 115 Å². The number of anilines is 2. The van der Waals surface area contributed by atoms with Crippen LogP contribution in [0.3, 0.4) is 0 Å². The molecule has 5 nitrogen and oxygen atoms in total. The third-order valence-electron chi connectivity index (χ3n) is 8.83. The summed E-state index contributed by atoms with van der Waals surface area (Å²) in [6.45, 7) is 7.19. The molecule has 5 heteroatoms. The molecule has 0 spiro atoms. The quantitative estimate of drug-likeness (QED) is 0.225. The summed E-state index contributed by atoms with van der Waals surface area (Å²) in [6, 6.07) is 39.9. The summed E-state index contributed by atoms with van der Waals surface area (Å²) in [6.07, 6.45) is 0.884. The molecule has 0 atom stereocenters. The van der Waals surface area contributed by atoms with Gasteiger partial charge in [0.15, 0.2) is 13.5 Å². The Morgan fingerprint density at radius 1 is 0.605 bits per heavy atom. The fraction of sp³-hybridized carbons (Fsp3) is 0.211. The first-order valence-electron chi connectivity index (χ1n) is 14.9. The summed E-state index contributed by atoms with van der Waals surface area (Å²) >= 11 is 0. The lowest BCUT2D eigenvalue weighted by Gasteiger charge is -2.33. The van der Waals surface area contributed by atoms with E-state index in [0.29, 0.717) is 13.5 Å². The molecule has 7 rings (SSSR count). The standard InChI is InChI=1S/C38H36N2O3/c1-38(2,31-11-18-35(41)19-12-31)32-13-20-37-30(22-32)24-40(26-43-37)34-16-9-28(10-17-34)21-27-7-14-33(15-8-27)39-23-29-5-3-4-6-36(29)42-25-39/h3-20,22,41H,21,23-26H2,1-2H3. The molecule has 5 aromatic carbocycles. The number of hydrogen-bond acceptors (Lipinski definition) is 5. The highest BCUT2D eigenvalue weighted by molar-refractivity contribution is 5.54. The Morgan fingerprint density at radius 2 is 1.14 bits per heavy atom. The van der Waals surface area contributed by atoms with E-state index in [-0.39, 0.29) is 11.2 Å². The highest BCUT2D eigenvalue weighted by Gasteiger charge is 2.26. The van der Waals surface area contributed by atoms with E-state index in [1.165, 1.54) is 33.5 Å². The Morgan fingerprint density at radius 3 is 1.77 bits per heavy atom. The minimum Gasteiger partial charge on any atom is -0.508 e. The summed E-state index contributed by atoms with van der Waals surface area (Å²) in [5, 5.41) is 9.73. The van der Waals surface area contributed by atoms with Crippen LogP contribution in [0.4, 0.5) is 11.4 Å². The van der Waals surface area contributed by atoms with Gasteiger partial charge in [-0.05, 0) is 83.3 Å². The zero-order valence-electron chi connectivity index (χ0n) is 24.7. The van der Waals surface area contributed by atoms with Gasteiger partial charge in [0.25, 0.3) is 0 Å². The summed E-state index contributed by atoms with van der Waals surface area (Å²) in [5.41, 5.74) is 9.49. The fourth-order valence-electron chi connectivity index (χ4n) is 6.07. The molecule has 0 unspecified atom stereocenters. The van der Waals surface area contributed by atoms with Gasteiger partial charge in [-0.2, -0.15) is 0 Å².